The summed E-state index contributed by atoms with van der Waals surface area (Å²) in [5, 5.41) is 2.70. The van der Waals surface area contributed by atoms with Crippen LogP contribution in [0.15, 0.2) is 18.2 Å². The number of hydrogen-bond acceptors (Lipinski definition) is 4. The highest BCUT2D eigenvalue weighted by Gasteiger charge is 2.32. The van der Waals surface area contributed by atoms with Gasteiger partial charge < -0.3 is 14.8 Å². The van der Waals surface area contributed by atoms with Gasteiger partial charge in [-0.1, -0.05) is 6.92 Å². The number of nitrogens with one attached hydrogen (secondary N) is 1. The number of fused-ring (bicyclic) bond motifs is 1. The van der Waals surface area contributed by atoms with E-state index < -0.39 is 0 Å². The number of ketones is 1. The van der Waals surface area contributed by atoms with E-state index in [0.29, 0.717) is 23.6 Å². The number of anilines is 1. The van der Waals surface area contributed by atoms with Crippen LogP contribution in [0.1, 0.15) is 23.7 Å². The van der Waals surface area contributed by atoms with Crippen molar-refractivity contribution in [2.24, 2.45) is 5.92 Å². The predicted molar refractivity (Wildman–Crippen MR) is 68.4 cm³/mol. The highest BCUT2D eigenvalue weighted by atomic mass is 16.5. The average Bonchev–Trinajstić information content (AvgIpc) is 2.83. The fraction of sp³-hybridized carbons (Fsp3) is 0.429. The van der Waals surface area contributed by atoms with Gasteiger partial charge >= 0.3 is 0 Å². The predicted octanol–water partition coefficient (Wildman–Crippen LogP) is 1.63. The SMILES string of the molecule is CC1CCOC1C(=O)c1ccc2c(c1)NC(=O)CO2. The van der Waals surface area contributed by atoms with Gasteiger partial charge in [0, 0.05) is 12.2 Å². The van der Waals surface area contributed by atoms with Crippen LogP contribution in [0, 0.1) is 5.92 Å². The molecule has 3 rings (SSSR count). The molecular formula is C14H15NO4. The molecule has 2 heterocycles. The van der Waals surface area contributed by atoms with Crippen molar-refractivity contribution in [1.82, 2.24) is 0 Å². The first-order valence-electron chi connectivity index (χ1n) is 6.37. The molecule has 0 aliphatic carbocycles. The van der Waals surface area contributed by atoms with Crippen molar-refractivity contribution >= 4 is 17.4 Å². The molecule has 1 aromatic rings. The first-order valence-corrected chi connectivity index (χ1v) is 6.37. The van der Waals surface area contributed by atoms with Crippen LogP contribution in [0.25, 0.3) is 0 Å². The van der Waals surface area contributed by atoms with Crippen molar-refractivity contribution in [3.05, 3.63) is 23.8 Å². The maximum Gasteiger partial charge on any atom is 0.262 e. The van der Waals surface area contributed by atoms with Crippen LogP contribution in [0.2, 0.25) is 0 Å². The van der Waals surface area contributed by atoms with Crippen molar-refractivity contribution in [3.8, 4) is 5.75 Å². The summed E-state index contributed by atoms with van der Waals surface area (Å²) in [4.78, 5) is 23.6. The number of ether oxygens (including phenoxy) is 2. The van der Waals surface area contributed by atoms with Crippen LogP contribution in [-0.4, -0.2) is 31.0 Å². The van der Waals surface area contributed by atoms with E-state index in [2.05, 4.69) is 5.32 Å². The number of carbonyl (C=O) groups is 2. The average molecular weight is 261 g/mol. The van der Waals surface area contributed by atoms with Crippen LogP contribution in [0.3, 0.4) is 0 Å². The molecule has 2 aliphatic heterocycles. The van der Waals surface area contributed by atoms with Crippen LogP contribution in [0.5, 0.6) is 5.75 Å². The van der Waals surface area contributed by atoms with E-state index in [1.807, 2.05) is 6.92 Å². The Balaban J connectivity index is 1.87. The standard InChI is InChI=1S/C14H15NO4/c1-8-4-5-18-14(8)13(17)9-2-3-11-10(6-9)15-12(16)7-19-11/h2-3,6,8,14H,4-5,7H2,1H3,(H,15,16). The largest absolute Gasteiger partial charge is 0.482 e. The molecule has 1 amide bonds. The molecule has 0 saturated carbocycles. The molecule has 2 atom stereocenters. The smallest absolute Gasteiger partial charge is 0.262 e. The first kappa shape index (κ1) is 12.2. The Labute approximate surface area is 110 Å². The zero-order valence-electron chi connectivity index (χ0n) is 10.6. The molecule has 19 heavy (non-hydrogen) atoms. The Kier molecular flexibility index (Phi) is 2.98. The third kappa shape index (κ3) is 2.21. The van der Waals surface area contributed by atoms with Crippen LogP contribution in [0.4, 0.5) is 5.69 Å². The molecule has 0 aromatic heterocycles. The Morgan fingerprint density at radius 2 is 2.26 bits per heavy atom. The van der Waals surface area contributed by atoms with Gasteiger partial charge in [0.25, 0.3) is 5.91 Å². The minimum absolute atomic E-state index is 0.0169. The van der Waals surface area contributed by atoms with E-state index in [1.165, 1.54) is 0 Å². The number of amides is 1. The summed E-state index contributed by atoms with van der Waals surface area (Å²) in [6.45, 7) is 2.66. The lowest BCUT2D eigenvalue weighted by Gasteiger charge is -2.19. The lowest BCUT2D eigenvalue weighted by atomic mass is 9.96. The summed E-state index contributed by atoms with van der Waals surface area (Å²) < 4.78 is 10.7. The van der Waals surface area contributed by atoms with E-state index in [9.17, 15) is 9.59 Å². The second-order valence-corrected chi connectivity index (χ2v) is 4.97. The van der Waals surface area contributed by atoms with Crippen molar-refractivity contribution in [2.75, 3.05) is 18.5 Å². The summed E-state index contributed by atoms with van der Waals surface area (Å²) in [6.07, 6.45) is 0.527. The Morgan fingerprint density at radius 1 is 1.42 bits per heavy atom. The second-order valence-electron chi connectivity index (χ2n) is 4.97. The van der Waals surface area contributed by atoms with Gasteiger partial charge in [-0.2, -0.15) is 0 Å². The number of carbonyl (C=O) groups excluding carboxylic acids is 2. The van der Waals surface area contributed by atoms with Gasteiger partial charge in [-0.25, -0.2) is 0 Å². The fourth-order valence-corrected chi connectivity index (χ4v) is 2.43. The Bertz CT molecular complexity index is 540. The molecule has 0 spiro atoms. The van der Waals surface area contributed by atoms with Gasteiger partial charge in [-0.3, -0.25) is 9.59 Å². The molecule has 100 valence electrons. The molecule has 1 aromatic carbocycles. The van der Waals surface area contributed by atoms with Crippen molar-refractivity contribution in [2.45, 2.75) is 19.4 Å². The van der Waals surface area contributed by atoms with Crippen LogP contribution >= 0.6 is 0 Å². The van der Waals surface area contributed by atoms with Crippen molar-refractivity contribution in [1.29, 1.82) is 0 Å². The lowest BCUT2D eigenvalue weighted by Crippen LogP contribution is -2.27. The number of rotatable bonds is 2. The molecular weight excluding hydrogens is 246 g/mol. The molecule has 1 fully saturated rings. The minimum Gasteiger partial charge on any atom is -0.482 e. The number of hydrogen-bond donors (Lipinski definition) is 1. The fourth-order valence-electron chi connectivity index (χ4n) is 2.43. The normalized spacial score (nSPS) is 25.4. The minimum atomic E-state index is -0.377. The molecule has 1 N–H and O–H groups in total. The van der Waals surface area contributed by atoms with Crippen LogP contribution < -0.4 is 10.1 Å². The monoisotopic (exact) mass is 261 g/mol. The third-order valence-corrected chi connectivity index (χ3v) is 3.54. The van der Waals surface area contributed by atoms with Crippen LogP contribution in [-0.2, 0) is 9.53 Å². The van der Waals surface area contributed by atoms with Gasteiger partial charge in [-0.15, -0.1) is 0 Å². The maximum atomic E-state index is 12.3. The third-order valence-electron chi connectivity index (χ3n) is 3.54. The van der Waals surface area contributed by atoms with Crippen molar-refractivity contribution < 1.29 is 19.1 Å². The van der Waals surface area contributed by atoms with E-state index in [0.717, 1.165) is 6.42 Å². The van der Waals surface area contributed by atoms with Crippen molar-refractivity contribution in [3.63, 3.8) is 0 Å². The summed E-state index contributed by atoms with van der Waals surface area (Å²) >= 11 is 0. The number of Topliss-reactive ketones (excluding diaryl/α,β-unsaturated/α-hetero) is 1. The van der Waals surface area contributed by atoms with Gasteiger partial charge in [0.05, 0.1) is 5.69 Å². The Morgan fingerprint density at radius 3 is 3.00 bits per heavy atom. The van der Waals surface area contributed by atoms with E-state index in [4.69, 9.17) is 9.47 Å². The van der Waals surface area contributed by atoms with E-state index in [-0.39, 0.29) is 30.3 Å². The van der Waals surface area contributed by atoms with Gasteiger partial charge in [0.15, 0.2) is 12.4 Å². The zero-order chi connectivity index (χ0) is 13.4. The first-order chi connectivity index (χ1) is 9.15. The van der Waals surface area contributed by atoms with Gasteiger partial charge in [-0.05, 0) is 30.5 Å². The highest BCUT2D eigenvalue weighted by molar-refractivity contribution is 6.03. The molecule has 5 nitrogen and oxygen atoms in total. The van der Waals surface area contributed by atoms with E-state index in [1.54, 1.807) is 18.2 Å². The van der Waals surface area contributed by atoms with Gasteiger partial charge in [0.2, 0.25) is 0 Å². The second kappa shape index (κ2) is 4.66. The quantitative estimate of drug-likeness (QED) is 0.822. The summed E-state index contributed by atoms with van der Waals surface area (Å²) in [5.41, 5.74) is 1.09. The molecule has 2 unspecified atom stereocenters. The summed E-state index contributed by atoms with van der Waals surface area (Å²) in [7, 11) is 0. The molecule has 1 saturated heterocycles. The summed E-state index contributed by atoms with van der Waals surface area (Å²) in [5.74, 6) is 0.584. The van der Waals surface area contributed by atoms with E-state index >= 15 is 0 Å². The maximum absolute atomic E-state index is 12.3. The lowest BCUT2D eigenvalue weighted by molar-refractivity contribution is -0.118. The molecule has 0 radical (unpaired) electrons. The Hall–Kier alpha value is -1.88. The molecule has 0 bridgehead atoms. The summed E-state index contributed by atoms with van der Waals surface area (Å²) in [6, 6.07) is 5.08. The molecule has 5 heteroatoms. The van der Waals surface area contributed by atoms with Gasteiger partial charge in [0.1, 0.15) is 11.9 Å². The number of benzene rings is 1. The topological polar surface area (TPSA) is 64.6 Å². The zero-order valence-corrected chi connectivity index (χ0v) is 10.6. The highest BCUT2D eigenvalue weighted by Crippen LogP contribution is 2.30. The molecule has 2 aliphatic rings.